The van der Waals surface area contributed by atoms with Crippen LogP contribution in [0.25, 0.3) is 0 Å². The summed E-state index contributed by atoms with van der Waals surface area (Å²) in [4.78, 5) is 50.1. The van der Waals surface area contributed by atoms with Gasteiger partial charge in [0.05, 0.1) is 36.7 Å². The van der Waals surface area contributed by atoms with Crippen LogP contribution >= 0.6 is 0 Å². The van der Waals surface area contributed by atoms with E-state index in [0.717, 1.165) is 56.1 Å². The molecule has 3 aliphatic heterocycles. The average molecular weight is 800 g/mol. The lowest BCUT2D eigenvalue weighted by atomic mass is 9.76. The molecule has 4 aromatic carbocycles. The molecule has 4 aromatic rings. The minimum absolute atomic E-state index is 0.0148. The number of aliphatic hydroxyl groups is 1. The van der Waals surface area contributed by atoms with Gasteiger partial charge in [0, 0.05) is 59.6 Å². The van der Waals surface area contributed by atoms with Crippen molar-refractivity contribution in [3.63, 3.8) is 0 Å². The quantitative estimate of drug-likeness (QED) is 0.0982. The fraction of sp³-hybridized carbons (Fsp3) is 0.383. The number of ketones is 2. The zero-order chi connectivity index (χ0) is 40.9. The van der Waals surface area contributed by atoms with Gasteiger partial charge in [-0.15, -0.1) is 0 Å². The Morgan fingerprint density at radius 2 is 1.41 bits per heavy atom. The first kappa shape index (κ1) is 39.8. The molecule has 0 bridgehead atoms. The Balaban J connectivity index is 1.02. The van der Waals surface area contributed by atoms with E-state index in [4.69, 9.17) is 28.7 Å². The lowest BCUT2D eigenvalue weighted by Gasteiger charge is -2.32. The molecule has 2 fully saturated rings. The Morgan fingerprint density at radius 3 is 2.15 bits per heavy atom. The summed E-state index contributed by atoms with van der Waals surface area (Å²) in [6.45, 7) is 2.62. The van der Waals surface area contributed by atoms with Crippen LogP contribution in [-0.4, -0.2) is 72.8 Å². The first-order chi connectivity index (χ1) is 28.8. The predicted molar refractivity (Wildman–Crippen MR) is 223 cm³/mol. The number of ether oxygens (including phenoxy) is 5. The average Bonchev–Trinajstić information content (AvgIpc) is 3.49. The number of hydrogen-bond donors (Lipinski definition) is 1. The van der Waals surface area contributed by atoms with E-state index < -0.39 is 0 Å². The van der Waals surface area contributed by atoms with Crippen LogP contribution in [0.15, 0.2) is 76.7 Å². The van der Waals surface area contributed by atoms with Gasteiger partial charge >= 0.3 is 0 Å². The van der Waals surface area contributed by atoms with E-state index in [-0.39, 0.29) is 68.4 Å². The molecule has 1 N–H and O–H groups in total. The van der Waals surface area contributed by atoms with Crippen molar-refractivity contribution >= 4 is 41.3 Å². The molecular formula is C47H49N3O9. The highest BCUT2D eigenvalue weighted by molar-refractivity contribution is 6.06. The van der Waals surface area contributed by atoms with Crippen LogP contribution in [0.1, 0.15) is 99.6 Å². The molecule has 4 aliphatic rings. The van der Waals surface area contributed by atoms with Gasteiger partial charge in [-0.3, -0.25) is 24.4 Å². The van der Waals surface area contributed by atoms with Crippen molar-refractivity contribution in [3.05, 3.63) is 100 Å². The van der Waals surface area contributed by atoms with Crippen LogP contribution in [-0.2, 0) is 19.8 Å². The summed E-state index contributed by atoms with van der Waals surface area (Å²) < 4.78 is 30.5. The van der Waals surface area contributed by atoms with Gasteiger partial charge in [0.25, 0.3) is 5.91 Å². The number of carbonyl (C=O) groups excluding carboxylic acids is 3. The first-order valence-electron chi connectivity index (χ1n) is 20.5. The Kier molecular flexibility index (Phi) is 12.0. The Morgan fingerprint density at radius 1 is 0.729 bits per heavy atom. The van der Waals surface area contributed by atoms with Crippen LogP contribution in [0.2, 0.25) is 0 Å². The normalized spacial score (nSPS) is 19.4. The third-order valence-electron chi connectivity index (χ3n) is 11.6. The van der Waals surface area contributed by atoms with Gasteiger partial charge in [-0.2, -0.15) is 0 Å². The fourth-order valence-corrected chi connectivity index (χ4v) is 8.41. The van der Waals surface area contributed by atoms with Crippen molar-refractivity contribution in [3.8, 4) is 28.7 Å². The number of fused-ring (bicyclic) bond motifs is 4. The lowest BCUT2D eigenvalue weighted by molar-refractivity contribution is 0.0687. The number of aliphatic imine (C=N–C) groups is 2. The summed E-state index contributed by atoms with van der Waals surface area (Å²) >= 11 is 0. The van der Waals surface area contributed by atoms with E-state index in [2.05, 4.69) is 4.99 Å². The molecule has 3 atom stereocenters. The van der Waals surface area contributed by atoms with Gasteiger partial charge in [0.1, 0.15) is 43.7 Å². The monoisotopic (exact) mass is 799 g/mol. The molecule has 0 spiro atoms. The molecule has 59 heavy (non-hydrogen) atoms. The molecule has 1 saturated carbocycles. The van der Waals surface area contributed by atoms with Gasteiger partial charge in [-0.25, -0.2) is 0 Å². The number of Topliss-reactive ketones (excluding diaryl/α,β-unsaturated/α-hetero) is 2. The molecule has 12 nitrogen and oxygen atoms in total. The Bertz CT molecular complexity index is 2160. The molecule has 0 aromatic heterocycles. The number of piperidine rings is 1. The second-order valence-electron chi connectivity index (χ2n) is 15.5. The van der Waals surface area contributed by atoms with Crippen molar-refractivity contribution < 1.29 is 43.2 Å². The van der Waals surface area contributed by atoms with Crippen molar-refractivity contribution in [2.24, 2.45) is 21.8 Å². The van der Waals surface area contributed by atoms with Crippen LogP contribution in [0.4, 0.5) is 11.4 Å². The molecule has 1 amide bonds. The third kappa shape index (κ3) is 8.88. The van der Waals surface area contributed by atoms with Gasteiger partial charge in [0.15, 0.2) is 23.1 Å². The number of carbonyl (C=O) groups is 3. The maximum Gasteiger partial charge on any atom is 0.256 e. The van der Waals surface area contributed by atoms with Gasteiger partial charge in [0.2, 0.25) is 0 Å². The highest BCUT2D eigenvalue weighted by atomic mass is 16.5. The van der Waals surface area contributed by atoms with Crippen molar-refractivity contribution in [1.29, 1.82) is 0 Å². The first-order valence-corrected chi connectivity index (χ1v) is 20.5. The van der Waals surface area contributed by atoms with Gasteiger partial charge < -0.3 is 33.7 Å². The Hall–Kier alpha value is -6.01. The number of amides is 1. The van der Waals surface area contributed by atoms with E-state index in [9.17, 15) is 19.5 Å². The van der Waals surface area contributed by atoms with Crippen molar-refractivity contribution in [2.45, 2.75) is 77.7 Å². The smallest absolute Gasteiger partial charge is 0.256 e. The molecule has 306 valence electrons. The summed E-state index contributed by atoms with van der Waals surface area (Å²) in [6, 6.07) is 19.6. The van der Waals surface area contributed by atoms with Crippen LogP contribution < -0.4 is 23.7 Å². The zero-order valence-electron chi connectivity index (χ0n) is 33.5. The summed E-state index contributed by atoms with van der Waals surface area (Å²) in [5.41, 5.74) is 4.74. The predicted octanol–water partition coefficient (Wildman–Crippen LogP) is 8.42. The van der Waals surface area contributed by atoms with E-state index in [1.165, 1.54) is 6.92 Å². The maximum atomic E-state index is 13.6. The zero-order valence-corrected chi connectivity index (χ0v) is 33.5. The Labute approximate surface area is 343 Å². The second-order valence-corrected chi connectivity index (χ2v) is 15.5. The number of nitrogens with zero attached hydrogens (tertiary/aromatic N) is 3. The molecule has 8 rings (SSSR count). The van der Waals surface area contributed by atoms with Crippen LogP contribution in [0.5, 0.6) is 28.7 Å². The topological polar surface area (TPSA) is 146 Å². The second kappa shape index (κ2) is 17.9. The highest BCUT2D eigenvalue weighted by Gasteiger charge is 2.35. The summed E-state index contributed by atoms with van der Waals surface area (Å²) in [6.07, 6.45) is 10.6. The van der Waals surface area contributed by atoms with Gasteiger partial charge in [-0.05, 0) is 105 Å². The molecule has 0 radical (unpaired) electrons. The summed E-state index contributed by atoms with van der Waals surface area (Å²) in [7, 11) is 1.56. The fourth-order valence-electron chi connectivity index (χ4n) is 8.41. The number of benzene rings is 4. The molecular weight excluding hydrogens is 751 g/mol. The third-order valence-corrected chi connectivity index (χ3v) is 11.6. The summed E-state index contributed by atoms with van der Waals surface area (Å²) in [5.74, 6) is 2.58. The molecule has 3 heterocycles. The maximum absolute atomic E-state index is 13.6. The number of aliphatic hydroxyl groups excluding tert-OH is 1. The highest BCUT2D eigenvalue weighted by Crippen LogP contribution is 2.42. The summed E-state index contributed by atoms with van der Waals surface area (Å²) in [5, 5.41) is 10.4. The lowest BCUT2D eigenvalue weighted by Crippen LogP contribution is -2.43. The molecule has 1 unspecified atom stereocenters. The largest absolute Gasteiger partial charge is 0.493 e. The minimum Gasteiger partial charge on any atom is -0.493 e. The van der Waals surface area contributed by atoms with E-state index in [1.54, 1.807) is 55.6 Å². The molecule has 1 aliphatic carbocycles. The van der Waals surface area contributed by atoms with E-state index in [1.807, 2.05) is 35.5 Å². The molecule has 12 heteroatoms. The van der Waals surface area contributed by atoms with E-state index >= 15 is 0 Å². The standard InChI is InChI=1S/C47H49N3O9/c1-29(52)32-10-12-36(13-11-32)56-15-16-57-37-18-30(27-58-43-22-42-40(20-34(43)26-51)47(54)50-14-6-5-8-35(50)25-49-42)17-31(19-37)28-59-45-23-41-39(21-44(45)55-2)46(53)38-9-4-3-7-33(38)24-48-41/h10-13,17-25,33,35,38,51H,3-9,14-16,26-28H2,1-2H3/t33-,35-,38?/m0/s1. The number of hydrogen-bond acceptors (Lipinski definition) is 11. The van der Waals surface area contributed by atoms with E-state index in [0.29, 0.717) is 68.9 Å². The van der Waals surface area contributed by atoms with Crippen LogP contribution in [0, 0.1) is 11.8 Å². The minimum atomic E-state index is -0.317. The van der Waals surface area contributed by atoms with Crippen molar-refractivity contribution in [1.82, 2.24) is 4.90 Å². The van der Waals surface area contributed by atoms with Crippen molar-refractivity contribution in [2.75, 3.05) is 26.9 Å². The van der Waals surface area contributed by atoms with Crippen LogP contribution in [0.3, 0.4) is 0 Å². The number of rotatable bonds is 14. The van der Waals surface area contributed by atoms with Gasteiger partial charge in [-0.1, -0.05) is 12.8 Å². The molecule has 1 saturated heterocycles. The number of methoxy groups -OCH3 is 1. The SMILES string of the molecule is COc1cc2c(cc1OCc1cc(COc3cc4c(cc3CO)C(=O)N3CCCC[C@H]3C=N4)cc(OCCOc3ccc(C(C)=O)cc3)c1)N=C[C@@H]1CCCCC1C2=O.